The molecule has 0 heterocycles. The summed E-state index contributed by atoms with van der Waals surface area (Å²) >= 11 is 0. The lowest BCUT2D eigenvalue weighted by molar-refractivity contribution is -0.000295. The Hall–Kier alpha value is -1.28. The summed E-state index contributed by atoms with van der Waals surface area (Å²) in [5.41, 5.74) is 1.07. The molecule has 1 rings (SSSR count). The zero-order valence-corrected chi connectivity index (χ0v) is 7.90. The summed E-state index contributed by atoms with van der Waals surface area (Å²) in [4.78, 5) is 0. The molecule has 2 nitrogen and oxygen atoms in total. The SMILES string of the molecule is CC=Cc1cccc(OC(C)O)c1. The largest absolute Gasteiger partial charge is 0.465 e. The van der Waals surface area contributed by atoms with Crippen LogP contribution < -0.4 is 4.74 Å². The van der Waals surface area contributed by atoms with Crippen LogP contribution in [0.3, 0.4) is 0 Å². The number of aliphatic hydroxyl groups is 1. The number of benzene rings is 1. The van der Waals surface area contributed by atoms with Gasteiger partial charge in [0.15, 0.2) is 6.29 Å². The Bertz CT molecular complexity index is 290. The molecule has 13 heavy (non-hydrogen) atoms. The minimum Gasteiger partial charge on any atom is -0.465 e. The number of hydrogen-bond acceptors (Lipinski definition) is 2. The Morgan fingerprint density at radius 3 is 2.85 bits per heavy atom. The number of ether oxygens (including phenoxy) is 1. The fourth-order valence-corrected chi connectivity index (χ4v) is 1.08. The van der Waals surface area contributed by atoms with Gasteiger partial charge in [-0.25, -0.2) is 0 Å². The smallest absolute Gasteiger partial charge is 0.194 e. The van der Waals surface area contributed by atoms with Crippen molar-refractivity contribution in [3.8, 4) is 5.75 Å². The minimum atomic E-state index is -0.763. The summed E-state index contributed by atoms with van der Waals surface area (Å²) in [6, 6.07) is 7.58. The highest BCUT2D eigenvalue weighted by molar-refractivity contribution is 5.51. The molecule has 1 aromatic rings. The van der Waals surface area contributed by atoms with Crippen molar-refractivity contribution >= 4 is 6.08 Å². The van der Waals surface area contributed by atoms with Gasteiger partial charge in [-0.05, 0) is 31.5 Å². The normalized spacial score (nSPS) is 13.2. The molecule has 1 aromatic carbocycles. The number of allylic oxidation sites excluding steroid dienone is 1. The maximum atomic E-state index is 8.99. The van der Waals surface area contributed by atoms with Crippen LogP contribution in [0.2, 0.25) is 0 Å². The Labute approximate surface area is 78.5 Å². The van der Waals surface area contributed by atoms with Crippen molar-refractivity contribution in [2.45, 2.75) is 20.1 Å². The first kappa shape index (κ1) is 9.81. The van der Waals surface area contributed by atoms with Crippen molar-refractivity contribution in [2.75, 3.05) is 0 Å². The van der Waals surface area contributed by atoms with Crippen LogP contribution in [0, 0.1) is 0 Å². The first-order valence-corrected chi connectivity index (χ1v) is 4.30. The second kappa shape index (κ2) is 4.67. The molecule has 0 saturated carbocycles. The lowest BCUT2D eigenvalue weighted by atomic mass is 10.2. The van der Waals surface area contributed by atoms with E-state index in [0.717, 1.165) is 5.56 Å². The topological polar surface area (TPSA) is 29.5 Å². The average Bonchev–Trinajstić information content (AvgIpc) is 2.04. The molecule has 70 valence electrons. The van der Waals surface area contributed by atoms with Crippen molar-refractivity contribution in [1.29, 1.82) is 0 Å². The molecule has 0 aliphatic carbocycles. The van der Waals surface area contributed by atoms with Crippen LogP contribution >= 0.6 is 0 Å². The lowest BCUT2D eigenvalue weighted by Crippen LogP contribution is -2.09. The van der Waals surface area contributed by atoms with Crippen LogP contribution in [-0.2, 0) is 0 Å². The van der Waals surface area contributed by atoms with Crippen molar-refractivity contribution < 1.29 is 9.84 Å². The van der Waals surface area contributed by atoms with Gasteiger partial charge in [-0.15, -0.1) is 0 Å². The van der Waals surface area contributed by atoms with Crippen molar-refractivity contribution in [2.24, 2.45) is 0 Å². The summed E-state index contributed by atoms with van der Waals surface area (Å²) < 4.78 is 5.12. The van der Waals surface area contributed by atoms with Gasteiger partial charge in [0.1, 0.15) is 5.75 Å². The zero-order valence-electron chi connectivity index (χ0n) is 7.90. The van der Waals surface area contributed by atoms with Crippen LogP contribution in [0.25, 0.3) is 6.08 Å². The van der Waals surface area contributed by atoms with Gasteiger partial charge in [-0.2, -0.15) is 0 Å². The standard InChI is InChI=1S/C11H14O2/c1-3-5-10-6-4-7-11(8-10)13-9(2)12/h3-9,12H,1-2H3. The molecule has 0 bridgehead atoms. The monoisotopic (exact) mass is 178 g/mol. The summed E-state index contributed by atoms with van der Waals surface area (Å²) in [5, 5.41) is 8.99. The average molecular weight is 178 g/mol. The van der Waals surface area contributed by atoms with E-state index < -0.39 is 6.29 Å². The van der Waals surface area contributed by atoms with Gasteiger partial charge in [0.2, 0.25) is 0 Å². The molecule has 0 amide bonds. The maximum absolute atomic E-state index is 8.99. The predicted molar refractivity (Wildman–Crippen MR) is 53.5 cm³/mol. The Morgan fingerprint density at radius 1 is 1.46 bits per heavy atom. The summed E-state index contributed by atoms with van der Waals surface area (Å²) in [6.45, 7) is 3.55. The quantitative estimate of drug-likeness (QED) is 0.720. The van der Waals surface area contributed by atoms with E-state index in [4.69, 9.17) is 9.84 Å². The minimum absolute atomic E-state index is 0.686. The molecule has 0 spiro atoms. The van der Waals surface area contributed by atoms with E-state index in [1.165, 1.54) is 0 Å². The molecule has 0 aliphatic rings. The summed E-state index contributed by atoms with van der Waals surface area (Å²) in [7, 11) is 0. The van der Waals surface area contributed by atoms with Crippen molar-refractivity contribution in [3.63, 3.8) is 0 Å². The Morgan fingerprint density at radius 2 is 2.23 bits per heavy atom. The highest BCUT2D eigenvalue weighted by Gasteiger charge is 1.97. The molecule has 0 fully saturated rings. The molecular formula is C11H14O2. The Balaban J connectivity index is 2.79. The van der Waals surface area contributed by atoms with Crippen LogP contribution in [0.5, 0.6) is 5.75 Å². The van der Waals surface area contributed by atoms with E-state index in [0.29, 0.717) is 5.75 Å². The van der Waals surface area contributed by atoms with Gasteiger partial charge in [0.25, 0.3) is 0 Å². The van der Waals surface area contributed by atoms with Gasteiger partial charge in [-0.3, -0.25) is 0 Å². The van der Waals surface area contributed by atoms with Crippen molar-refractivity contribution in [3.05, 3.63) is 35.9 Å². The van der Waals surface area contributed by atoms with E-state index in [1.807, 2.05) is 43.3 Å². The number of aliphatic hydroxyl groups excluding tert-OH is 1. The maximum Gasteiger partial charge on any atom is 0.194 e. The summed E-state index contributed by atoms with van der Waals surface area (Å²) in [5.74, 6) is 0.686. The predicted octanol–water partition coefficient (Wildman–Crippen LogP) is 2.44. The van der Waals surface area contributed by atoms with Crippen LogP contribution in [-0.4, -0.2) is 11.4 Å². The highest BCUT2D eigenvalue weighted by Crippen LogP contribution is 2.15. The van der Waals surface area contributed by atoms with E-state index >= 15 is 0 Å². The van der Waals surface area contributed by atoms with Crippen LogP contribution in [0.4, 0.5) is 0 Å². The van der Waals surface area contributed by atoms with E-state index in [9.17, 15) is 0 Å². The molecule has 0 aliphatic heterocycles. The number of rotatable bonds is 3. The first-order chi connectivity index (χ1) is 6.22. The van der Waals surface area contributed by atoms with Gasteiger partial charge >= 0.3 is 0 Å². The third-order valence-corrected chi connectivity index (χ3v) is 1.52. The molecular weight excluding hydrogens is 164 g/mol. The van der Waals surface area contributed by atoms with E-state index in [-0.39, 0.29) is 0 Å². The van der Waals surface area contributed by atoms with E-state index in [1.54, 1.807) is 6.92 Å². The number of hydrogen-bond donors (Lipinski definition) is 1. The van der Waals surface area contributed by atoms with Crippen LogP contribution in [0.1, 0.15) is 19.4 Å². The Kier molecular flexibility index (Phi) is 3.53. The van der Waals surface area contributed by atoms with Crippen molar-refractivity contribution in [1.82, 2.24) is 0 Å². The fraction of sp³-hybridized carbons (Fsp3) is 0.273. The molecule has 1 unspecified atom stereocenters. The molecule has 2 heteroatoms. The first-order valence-electron chi connectivity index (χ1n) is 4.30. The van der Waals surface area contributed by atoms with Gasteiger partial charge in [0, 0.05) is 0 Å². The molecule has 0 aromatic heterocycles. The molecule has 1 atom stereocenters. The molecule has 1 N–H and O–H groups in total. The zero-order chi connectivity index (χ0) is 9.68. The van der Waals surface area contributed by atoms with Gasteiger partial charge in [-0.1, -0.05) is 24.3 Å². The van der Waals surface area contributed by atoms with Gasteiger partial charge < -0.3 is 9.84 Å². The second-order valence-electron chi connectivity index (χ2n) is 2.79. The fourth-order valence-electron chi connectivity index (χ4n) is 1.08. The second-order valence-corrected chi connectivity index (χ2v) is 2.79. The van der Waals surface area contributed by atoms with Gasteiger partial charge in [0.05, 0.1) is 0 Å². The lowest BCUT2D eigenvalue weighted by Gasteiger charge is -2.08. The summed E-state index contributed by atoms with van der Waals surface area (Å²) in [6.07, 6.45) is 3.18. The molecule has 0 saturated heterocycles. The third-order valence-electron chi connectivity index (χ3n) is 1.52. The third kappa shape index (κ3) is 3.30. The van der Waals surface area contributed by atoms with Crippen LogP contribution in [0.15, 0.2) is 30.3 Å². The van der Waals surface area contributed by atoms with E-state index in [2.05, 4.69) is 0 Å². The highest BCUT2D eigenvalue weighted by atomic mass is 16.6. The molecule has 0 radical (unpaired) electrons.